The van der Waals surface area contributed by atoms with Crippen LogP contribution in [0.5, 0.6) is 0 Å². The van der Waals surface area contributed by atoms with Crippen molar-refractivity contribution < 1.29 is 50.5 Å². The van der Waals surface area contributed by atoms with Gasteiger partial charge in [0.25, 0.3) is 0 Å². The Morgan fingerprint density at radius 1 is 0.163 bits per heavy atom. The highest BCUT2D eigenvalue weighted by atomic mass is 32.2. The molecule has 6 aromatic rings. The third-order valence-corrected chi connectivity index (χ3v) is 29.8. The van der Waals surface area contributed by atoms with Crippen LogP contribution in [0.4, 0.5) is 0 Å². The molecule has 0 saturated carbocycles. The van der Waals surface area contributed by atoms with Gasteiger partial charge in [-0.2, -0.15) is 25.8 Å². The Kier molecular flexibility index (Phi) is 31.2. The molecule has 0 N–H and O–H groups in total. The summed E-state index contributed by atoms with van der Waals surface area (Å²) in [7, 11) is -24.2. The molecule has 6 aromatic carbocycles. The number of benzene rings is 6. The van der Waals surface area contributed by atoms with Crippen molar-refractivity contribution in [3.8, 4) is 0 Å². The number of hydrogen-bond donors (Lipinski definition) is 0. The number of sulfonamides is 6. The summed E-state index contributed by atoms with van der Waals surface area (Å²) in [5, 5.41) is 0. The van der Waals surface area contributed by atoms with Gasteiger partial charge in [-0.15, -0.1) is 0 Å². The predicted octanol–water partition coefficient (Wildman–Crippen LogP) is 13.8. The van der Waals surface area contributed by atoms with E-state index in [1.165, 1.54) is 25.8 Å². The van der Waals surface area contributed by atoms with Gasteiger partial charge in [0.05, 0.1) is 29.4 Å². The zero-order valence-electron chi connectivity index (χ0n) is 58.5. The van der Waals surface area contributed by atoms with Crippen molar-refractivity contribution in [2.24, 2.45) is 0 Å². The van der Waals surface area contributed by atoms with Crippen LogP contribution in [0.1, 0.15) is 162 Å². The molecule has 0 aliphatic carbocycles. The molecule has 1 aliphatic heterocycles. The van der Waals surface area contributed by atoms with Gasteiger partial charge in [0, 0.05) is 78.5 Å². The SMILES string of the molecule is Cc1ccc(S(=O)(=O)N2CCCCCCCCCCN(S(=O)(=O)c3ccc(C)cc3)CCCN(S(=O)(=O)c3ccc(C)cc3)CCCN(S(=O)(=O)c3ccc(C)cc3)CCCCCCCCCCN(S(=O)(=O)c3ccc(C)cc3)CCCN(S(=O)(=O)c3ccc(C)cc3)CCC2)cc1. The topological polar surface area (TPSA) is 224 Å². The van der Waals surface area contributed by atoms with E-state index in [1.807, 2.05) is 41.5 Å². The van der Waals surface area contributed by atoms with E-state index in [-0.39, 0.29) is 134 Å². The van der Waals surface area contributed by atoms with Gasteiger partial charge in [-0.05, 0) is 166 Å². The van der Waals surface area contributed by atoms with Gasteiger partial charge in [-0.3, -0.25) is 0 Å². The average molecular weight is 1460 g/mol. The predicted molar refractivity (Wildman–Crippen MR) is 392 cm³/mol. The van der Waals surface area contributed by atoms with Crippen molar-refractivity contribution in [1.29, 1.82) is 0 Å². The fourth-order valence-electron chi connectivity index (χ4n) is 12.2. The van der Waals surface area contributed by atoms with Crippen molar-refractivity contribution in [3.05, 3.63) is 179 Å². The van der Waals surface area contributed by atoms with Gasteiger partial charge in [-0.1, -0.05) is 183 Å². The van der Waals surface area contributed by atoms with Crippen LogP contribution >= 0.6 is 0 Å². The van der Waals surface area contributed by atoms with Crippen molar-refractivity contribution in [3.63, 3.8) is 0 Å². The summed E-state index contributed by atoms with van der Waals surface area (Å²) in [5.41, 5.74) is 5.38. The fourth-order valence-corrected chi connectivity index (χ4v) is 21.3. The van der Waals surface area contributed by atoms with Crippen LogP contribution in [-0.2, 0) is 60.1 Å². The van der Waals surface area contributed by atoms with Gasteiger partial charge < -0.3 is 0 Å². The molecule has 24 heteroatoms. The lowest BCUT2D eigenvalue weighted by molar-refractivity contribution is 0.331. The first-order chi connectivity index (χ1) is 46.6. The molecule has 0 bridgehead atoms. The van der Waals surface area contributed by atoms with Gasteiger partial charge >= 0.3 is 0 Å². The van der Waals surface area contributed by atoms with E-state index in [9.17, 15) is 50.5 Å². The third kappa shape index (κ3) is 23.4. The van der Waals surface area contributed by atoms with Crippen molar-refractivity contribution in [2.45, 2.75) is 199 Å². The lowest BCUT2D eigenvalue weighted by Gasteiger charge is -2.27. The molecule has 0 atom stereocenters. The van der Waals surface area contributed by atoms with E-state index >= 15 is 0 Å². The van der Waals surface area contributed by atoms with E-state index in [0.717, 1.165) is 110 Å². The van der Waals surface area contributed by atoms with Crippen LogP contribution in [0.3, 0.4) is 0 Å². The summed E-state index contributed by atoms with van der Waals surface area (Å²) in [6.45, 7) is 12.3. The van der Waals surface area contributed by atoms with Crippen molar-refractivity contribution in [2.75, 3.05) is 78.5 Å². The van der Waals surface area contributed by atoms with Gasteiger partial charge in [-0.25, -0.2) is 50.5 Å². The maximum atomic E-state index is 14.6. The molecule has 98 heavy (non-hydrogen) atoms. The Bertz CT molecular complexity index is 3660. The minimum Gasteiger partial charge on any atom is -0.207 e. The monoisotopic (exact) mass is 1460 g/mol. The molecule has 1 aliphatic rings. The Labute approximate surface area is 589 Å². The number of nitrogens with zero attached hydrogens (tertiary/aromatic N) is 6. The first-order valence-corrected chi connectivity index (χ1v) is 43.7. The minimum absolute atomic E-state index is 0.0151. The number of aryl methyl sites for hydroxylation is 6. The van der Waals surface area contributed by atoms with E-state index in [4.69, 9.17) is 0 Å². The summed E-state index contributed by atoms with van der Waals surface area (Å²) in [6, 6.07) is 40.0. The molecule has 0 spiro atoms. The van der Waals surface area contributed by atoms with E-state index < -0.39 is 60.1 Å². The second-order valence-corrected chi connectivity index (χ2v) is 38.0. The van der Waals surface area contributed by atoms with Crippen LogP contribution in [-0.4, -0.2) is 155 Å². The highest BCUT2D eigenvalue weighted by Gasteiger charge is 2.32. The first-order valence-electron chi connectivity index (χ1n) is 35.0. The summed E-state index contributed by atoms with van der Waals surface area (Å²) in [6.07, 6.45) is 12.7. The van der Waals surface area contributed by atoms with Crippen LogP contribution in [0.15, 0.2) is 175 Å². The average Bonchev–Trinajstić information content (AvgIpc) is 0.841. The van der Waals surface area contributed by atoms with Crippen molar-refractivity contribution >= 4 is 60.1 Å². The zero-order valence-corrected chi connectivity index (χ0v) is 63.4. The number of rotatable bonds is 12. The van der Waals surface area contributed by atoms with Crippen LogP contribution in [0, 0.1) is 41.5 Å². The molecule has 1 fully saturated rings. The third-order valence-electron chi connectivity index (χ3n) is 18.3. The molecule has 0 unspecified atom stereocenters. The summed E-state index contributed by atoms with van der Waals surface area (Å²) in [5.74, 6) is 0. The fraction of sp³-hybridized carbons (Fsp3) is 0.514. The molecule has 540 valence electrons. The summed E-state index contributed by atoms with van der Waals surface area (Å²) >= 11 is 0. The molecular formula is C74H106N6O12S6. The van der Waals surface area contributed by atoms with Gasteiger partial charge in [0.1, 0.15) is 0 Å². The smallest absolute Gasteiger partial charge is 0.207 e. The lowest BCUT2D eigenvalue weighted by Crippen LogP contribution is -2.39. The summed E-state index contributed by atoms with van der Waals surface area (Å²) < 4.78 is 183. The normalized spacial score (nSPS) is 18.7. The molecule has 7 rings (SSSR count). The van der Waals surface area contributed by atoms with E-state index in [0.29, 0.717) is 25.7 Å². The van der Waals surface area contributed by atoms with Crippen molar-refractivity contribution in [1.82, 2.24) is 25.8 Å². The van der Waals surface area contributed by atoms with Crippen LogP contribution in [0.25, 0.3) is 0 Å². The summed E-state index contributed by atoms with van der Waals surface area (Å²) in [4.78, 5) is 0.766. The molecule has 1 saturated heterocycles. The first kappa shape index (κ1) is 80.1. The highest BCUT2D eigenvalue weighted by Crippen LogP contribution is 2.27. The maximum absolute atomic E-state index is 14.6. The molecule has 0 radical (unpaired) electrons. The molecule has 1 heterocycles. The highest BCUT2D eigenvalue weighted by molar-refractivity contribution is 7.90. The number of hydrogen-bond acceptors (Lipinski definition) is 12. The lowest BCUT2D eigenvalue weighted by atomic mass is 10.1. The second kappa shape index (κ2) is 38.2. The quantitative estimate of drug-likeness (QED) is 0.112. The zero-order chi connectivity index (χ0) is 71.0. The Morgan fingerprint density at radius 2 is 0.265 bits per heavy atom. The van der Waals surface area contributed by atoms with Gasteiger partial charge in [0.2, 0.25) is 60.1 Å². The standard InChI is InChI=1S/C74H106N6O12S6/c1-63-27-39-69(40-28-63)93(81,82)75-51-19-15-11-7-8-12-16-20-53-77(95(85,86)71-43-31-65(3)32-44-71)57-25-61-80(98(91,92)74-49-37-68(6)38-50-74)62-26-58-78(96(87,88)72-45-33-66(4)34-46-72)54-22-18-14-10-9-13-17-21-52-76(94(83,84)70-41-29-64(2)30-42-70)56-24-60-79(59-23-55-75)97(89,90)73-47-35-67(5)36-48-73/h27-50H,7-26,51-62H2,1-6H3. The van der Waals surface area contributed by atoms with Crippen LogP contribution < -0.4 is 0 Å². The largest absolute Gasteiger partial charge is 0.243 e. The Hall–Kier alpha value is -5.22. The van der Waals surface area contributed by atoms with E-state index in [2.05, 4.69) is 0 Å². The minimum atomic E-state index is -4.12. The van der Waals surface area contributed by atoms with Crippen LogP contribution in [0.2, 0.25) is 0 Å². The van der Waals surface area contributed by atoms with Gasteiger partial charge in [0.15, 0.2) is 0 Å². The maximum Gasteiger partial charge on any atom is 0.243 e. The molecule has 0 amide bonds. The second-order valence-electron chi connectivity index (χ2n) is 26.4. The van der Waals surface area contributed by atoms with E-state index in [1.54, 1.807) is 146 Å². The molecule has 18 nitrogen and oxygen atoms in total. The Balaban J connectivity index is 1.12. The molecular weight excluding hydrogens is 1360 g/mol. The Morgan fingerprint density at radius 3 is 0.388 bits per heavy atom. The molecule has 0 aromatic heterocycles.